The van der Waals surface area contributed by atoms with E-state index in [9.17, 15) is 18.5 Å². The van der Waals surface area contributed by atoms with Gasteiger partial charge in [-0.2, -0.15) is 0 Å². The third-order valence-corrected chi connectivity index (χ3v) is 5.28. The SMILES string of the molecule is CS(=O)(=O)N1CC2CC(C1)c1cc([N+](=O)[O-])ccc12. The lowest BCUT2D eigenvalue weighted by molar-refractivity contribution is -0.384. The topological polar surface area (TPSA) is 80.5 Å². The van der Waals surface area contributed by atoms with Crippen LogP contribution in [0.5, 0.6) is 0 Å². The van der Waals surface area contributed by atoms with Crippen molar-refractivity contribution >= 4 is 15.7 Å². The van der Waals surface area contributed by atoms with Gasteiger partial charge in [-0.15, -0.1) is 0 Å². The summed E-state index contributed by atoms with van der Waals surface area (Å²) < 4.78 is 24.8. The molecule has 1 saturated heterocycles. The highest BCUT2D eigenvalue weighted by Gasteiger charge is 2.40. The average Bonchev–Trinajstić information content (AvgIpc) is 2.59. The first-order chi connectivity index (χ1) is 8.86. The standard InChI is InChI=1S/C12H14N2O4S/c1-19(17,18)13-6-8-4-9(7-13)12-5-10(14(15)16)2-3-11(8)12/h2-3,5,8-9H,4,6-7H2,1H3. The van der Waals surface area contributed by atoms with Gasteiger partial charge in [0.2, 0.25) is 10.0 Å². The zero-order valence-corrected chi connectivity index (χ0v) is 11.3. The molecule has 1 aromatic rings. The van der Waals surface area contributed by atoms with Crippen LogP contribution < -0.4 is 0 Å². The average molecular weight is 282 g/mol. The molecule has 2 atom stereocenters. The summed E-state index contributed by atoms with van der Waals surface area (Å²) >= 11 is 0. The number of non-ortho nitro benzene ring substituents is 1. The Morgan fingerprint density at radius 2 is 1.89 bits per heavy atom. The summed E-state index contributed by atoms with van der Waals surface area (Å²) in [4.78, 5) is 10.4. The third kappa shape index (κ3) is 2.02. The van der Waals surface area contributed by atoms with Crippen LogP contribution in [0.4, 0.5) is 5.69 Å². The van der Waals surface area contributed by atoms with Gasteiger partial charge in [-0.05, 0) is 29.4 Å². The van der Waals surface area contributed by atoms with Gasteiger partial charge >= 0.3 is 0 Å². The number of fused-ring (bicyclic) bond motifs is 5. The number of piperidine rings is 1. The molecule has 7 heteroatoms. The van der Waals surface area contributed by atoms with Gasteiger partial charge in [0.25, 0.3) is 5.69 Å². The van der Waals surface area contributed by atoms with E-state index in [1.807, 2.05) is 0 Å². The van der Waals surface area contributed by atoms with Crippen molar-refractivity contribution in [3.05, 3.63) is 39.4 Å². The van der Waals surface area contributed by atoms with Crippen molar-refractivity contribution in [1.29, 1.82) is 0 Å². The number of rotatable bonds is 2. The van der Waals surface area contributed by atoms with E-state index in [2.05, 4.69) is 0 Å². The van der Waals surface area contributed by atoms with Gasteiger partial charge in [0, 0.05) is 25.2 Å². The molecule has 3 rings (SSSR count). The number of nitro groups is 1. The predicted molar refractivity (Wildman–Crippen MR) is 69.6 cm³/mol. The highest BCUT2D eigenvalue weighted by atomic mass is 32.2. The van der Waals surface area contributed by atoms with E-state index in [0.717, 1.165) is 17.5 Å². The summed E-state index contributed by atoms with van der Waals surface area (Å²) in [6, 6.07) is 4.89. The van der Waals surface area contributed by atoms with Gasteiger partial charge in [-0.25, -0.2) is 12.7 Å². The van der Waals surface area contributed by atoms with Crippen LogP contribution in [0.2, 0.25) is 0 Å². The van der Waals surface area contributed by atoms with Gasteiger partial charge in [0.15, 0.2) is 0 Å². The molecule has 2 unspecified atom stereocenters. The molecule has 6 nitrogen and oxygen atoms in total. The molecular formula is C12H14N2O4S. The van der Waals surface area contributed by atoms with Gasteiger partial charge in [-0.1, -0.05) is 6.07 Å². The van der Waals surface area contributed by atoms with E-state index < -0.39 is 14.9 Å². The highest BCUT2D eigenvalue weighted by Crippen LogP contribution is 2.47. The summed E-state index contributed by atoms with van der Waals surface area (Å²) in [5.74, 6) is 0.257. The van der Waals surface area contributed by atoms with Crippen molar-refractivity contribution in [2.75, 3.05) is 19.3 Å². The quantitative estimate of drug-likeness (QED) is 0.607. The van der Waals surface area contributed by atoms with Gasteiger partial charge in [-0.3, -0.25) is 10.1 Å². The van der Waals surface area contributed by atoms with E-state index in [1.165, 1.54) is 16.6 Å². The highest BCUT2D eigenvalue weighted by molar-refractivity contribution is 7.88. The molecule has 1 fully saturated rings. The molecule has 2 bridgehead atoms. The Morgan fingerprint density at radius 1 is 1.26 bits per heavy atom. The number of sulfonamides is 1. The Labute approximate surface area is 111 Å². The summed E-state index contributed by atoms with van der Waals surface area (Å²) in [6.07, 6.45) is 2.10. The molecule has 1 heterocycles. The molecule has 0 radical (unpaired) electrons. The fourth-order valence-corrected chi connectivity index (χ4v) is 4.08. The van der Waals surface area contributed by atoms with Crippen LogP contribution in [0.1, 0.15) is 29.4 Å². The summed E-state index contributed by atoms with van der Waals surface area (Å²) in [6.45, 7) is 0.920. The first-order valence-corrected chi connectivity index (χ1v) is 7.94. The lowest BCUT2D eigenvalue weighted by Gasteiger charge is -2.29. The molecule has 0 amide bonds. The zero-order chi connectivity index (χ0) is 13.8. The van der Waals surface area contributed by atoms with Crippen molar-refractivity contribution in [3.63, 3.8) is 0 Å². The number of hydrogen-bond acceptors (Lipinski definition) is 4. The number of hydrogen-bond donors (Lipinski definition) is 0. The van der Waals surface area contributed by atoms with Crippen LogP contribution in [-0.4, -0.2) is 37.0 Å². The predicted octanol–water partition coefficient (Wildman–Crippen LogP) is 1.44. The van der Waals surface area contributed by atoms with Crippen LogP contribution in [-0.2, 0) is 10.0 Å². The zero-order valence-electron chi connectivity index (χ0n) is 10.4. The Bertz CT molecular complexity index is 656. The van der Waals surface area contributed by atoms with Gasteiger partial charge < -0.3 is 0 Å². The minimum atomic E-state index is -3.20. The second kappa shape index (κ2) is 4.01. The normalized spacial score (nSPS) is 26.2. The minimum Gasteiger partial charge on any atom is -0.258 e. The van der Waals surface area contributed by atoms with Crippen molar-refractivity contribution in [2.45, 2.75) is 18.3 Å². The summed E-state index contributed by atoms with van der Waals surface area (Å²) in [5, 5.41) is 10.8. The lowest BCUT2D eigenvalue weighted by atomic mass is 9.98. The summed E-state index contributed by atoms with van der Waals surface area (Å²) in [7, 11) is -3.20. The fraction of sp³-hybridized carbons (Fsp3) is 0.500. The molecule has 0 aromatic heterocycles. The first-order valence-electron chi connectivity index (χ1n) is 6.09. The maximum atomic E-state index is 11.6. The Morgan fingerprint density at radius 3 is 2.47 bits per heavy atom. The molecule has 2 aliphatic rings. The lowest BCUT2D eigenvalue weighted by Crippen LogP contribution is -2.38. The molecule has 102 valence electrons. The molecule has 19 heavy (non-hydrogen) atoms. The molecule has 0 saturated carbocycles. The minimum absolute atomic E-state index is 0.0807. The van der Waals surface area contributed by atoms with Gasteiger partial charge in [0.1, 0.15) is 0 Å². The molecule has 0 N–H and O–H groups in total. The Kier molecular flexibility index (Phi) is 2.65. The maximum Gasteiger partial charge on any atom is 0.269 e. The number of nitrogens with zero attached hydrogens (tertiary/aromatic N) is 2. The molecular weight excluding hydrogens is 268 g/mol. The van der Waals surface area contributed by atoms with Crippen molar-refractivity contribution in [2.24, 2.45) is 0 Å². The summed E-state index contributed by atoms with van der Waals surface area (Å²) in [5.41, 5.74) is 2.10. The largest absolute Gasteiger partial charge is 0.269 e. The van der Waals surface area contributed by atoms with Crippen LogP contribution in [0, 0.1) is 10.1 Å². The van der Waals surface area contributed by atoms with Crippen molar-refractivity contribution in [3.8, 4) is 0 Å². The van der Waals surface area contributed by atoms with Crippen LogP contribution >= 0.6 is 0 Å². The van der Waals surface area contributed by atoms with E-state index >= 15 is 0 Å². The van der Waals surface area contributed by atoms with Crippen molar-refractivity contribution < 1.29 is 13.3 Å². The van der Waals surface area contributed by atoms with Crippen molar-refractivity contribution in [1.82, 2.24) is 4.31 Å². The molecule has 1 aliphatic carbocycles. The van der Waals surface area contributed by atoms with E-state index in [-0.39, 0.29) is 17.5 Å². The molecule has 1 aromatic carbocycles. The number of nitro benzene ring substituents is 1. The van der Waals surface area contributed by atoms with Crippen LogP contribution in [0.25, 0.3) is 0 Å². The number of benzene rings is 1. The molecule has 1 aliphatic heterocycles. The third-order valence-electron chi connectivity index (χ3n) is 4.05. The molecule has 0 spiro atoms. The Hall–Kier alpha value is -1.47. The monoisotopic (exact) mass is 282 g/mol. The smallest absolute Gasteiger partial charge is 0.258 e. The van der Waals surface area contributed by atoms with E-state index in [0.29, 0.717) is 13.1 Å². The fourth-order valence-electron chi connectivity index (χ4n) is 3.18. The van der Waals surface area contributed by atoms with E-state index in [1.54, 1.807) is 12.1 Å². The van der Waals surface area contributed by atoms with Crippen LogP contribution in [0.15, 0.2) is 18.2 Å². The van der Waals surface area contributed by atoms with Gasteiger partial charge in [0.05, 0.1) is 11.2 Å². The van der Waals surface area contributed by atoms with E-state index in [4.69, 9.17) is 0 Å². The van der Waals surface area contributed by atoms with Crippen LogP contribution in [0.3, 0.4) is 0 Å². The maximum absolute atomic E-state index is 11.6. The second-order valence-corrected chi connectivity index (χ2v) is 7.26. The second-order valence-electron chi connectivity index (χ2n) is 5.28. The Balaban J connectivity index is 2.00. The first kappa shape index (κ1) is 12.6.